The van der Waals surface area contributed by atoms with Gasteiger partial charge in [-0.3, -0.25) is 0 Å². The van der Waals surface area contributed by atoms with E-state index < -0.39 is 12.0 Å². The number of H-pyrrole nitrogens is 2. The Hall–Kier alpha value is -3.21. The van der Waals surface area contributed by atoms with E-state index in [9.17, 15) is 9.90 Å². The smallest absolute Gasteiger partial charge is 0.326 e. The third-order valence-corrected chi connectivity index (χ3v) is 4.32. The third kappa shape index (κ3) is 2.50. The Morgan fingerprint density at radius 3 is 2.33 bits per heavy atom. The van der Waals surface area contributed by atoms with Crippen molar-refractivity contribution < 1.29 is 9.90 Å². The fourth-order valence-corrected chi connectivity index (χ4v) is 3.10. The molecule has 0 unspecified atom stereocenters. The minimum atomic E-state index is -0.870. The molecule has 0 bridgehead atoms. The fourth-order valence-electron chi connectivity index (χ4n) is 3.10. The highest BCUT2D eigenvalue weighted by Gasteiger charge is 2.20. The summed E-state index contributed by atoms with van der Waals surface area (Å²) in [7, 11) is 0. The van der Waals surface area contributed by atoms with E-state index in [4.69, 9.17) is 0 Å². The molecule has 4 rings (SSSR count). The van der Waals surface area contributed by atoms with Gasteiger partial charge in [-0.05, 0) is 17.7 Å². The van der Waals surface area contributed by atoms with Crippen molar-refractivity contribution in [2.75, 3.05) is 5.32 Å². The van der Waals surface area contributed by atoms with Crippen molar-refractivity contribution in [1.82, 2.24) is 9.97 Å². The molecular weight excluding hydrogens is 302 g/mol. The topological polar surface area (TPSA) is 80.9 Å². The second kappa shape index (κ2) is 5.77. The van der Waals surface area contributed by atoms with Crippen LogP contribution in [0.25, 0.3) is 21.8 Å². The van der Waals surface area contributed by atoms with Crippen LogP contribution in [0.3, 0.4) is 0 Å². The lowest BCUT2D eigenvalue weighted by Crippen LogP contribution is -2.31. The number of aromatic amines is 2. The zero-order chi connectivity index (χ0) is 16.5. The molecule has 0 aliphatic carbocycles. The van der Waals surface area contributed by atoms with Crippen molar-refractivity contribution in [3.63, 3.8) is 0 Å². The molecule has 4 aromatic rings. The summed E-state index contributed by atoms with van der Waals surface area (Å²) in [5.41, 5.74) is 3.79. The molecule has 2 heterocycles. The normalized spacial score (nSPS) is 12.5. The number of rotatable bonds is 5. The SMILES string of the molecule is O=C(O)[C@H](Cc1c[nH]c2ccccc12)Nc1c[nH]c2ccccc12. The van der Waals surface area contributed by atoms with Crippen LogP contribution in [0.1, 0.15) is 5.56 Å². The maximum atomic E-state index is 11.7. The zero-order valence-electron chi connectivity index (χ0n) is 12.9. The van der Waals surface area contributed by atoms with E-state index in [-0.39, 0.29) is 0 Å². The summed E-state index contributed by atoms with van der Waals surface area (Å²) in [4.78, 5) is 18.1. The minimum Gasteiger partial charge on any atom is -0.480 e. The van der Waals surface area contributed by atoms with E-state index in [1.165, 1.54) is 0 Å². The number of hydrogen-bond donors (Lipinski definition) is 4. The van der Waals surface area contributed by atoms with Gasteiger partial charge in [-0.1, -0.05) is 36.4 Å². The van der Waals surface area contributed by atoms with Crippen LogP contribution in [0.4, 0.5) is 5.69 Å². The highest BCUT2D eigenvalue weighted by atomic mass is 16.4. The Balaban J connectivity index is 1.64. The molecule has 2 aromatic carbocycles. The van der Waals surface area contributed by atoms with Crippen LogP contribution in [0.5, 0.6) is 0 Å². The number of carboxylic acid groups (broad SMARTS) is 1. The molecule has 5 heteroatoms. The van der Waals surface area contributed by atoms with Crippen molar-refractivity contribution in [3.8, 4) is 0 Å². The lowest BCUT2D eigenvalue weighted by atomic mass is 10.0. The molecule has 1 atom stereocenters. The van der Waals surface area contributed by atoms with E-state index in [0.717, 1.165) is 33.1 Å². The Morgan fingerprint density at radius 1 is 0.958 bits per heavy atom. The maximum Gasteiger partial charge on any atom is 0.326 e. The van der Waals surface area contributed by atoms with Gasteiger partial charge in [0.1, 0.15) is 6.04 Å². The van der Waals surface area contributed by atoms with Crippen LogP contribution in [0, 0.1) is 0 Å². The highest BCUT2D eigenvalue weighted by molar-refractivity contribution is 5.94. The number of aromatic nitrogens is 2. The lowest BCUT2D eigenvalue weighted by Gasteiger charge is -2.15. The van der Waals surface area contributed by atoms with Gasteiger partial charge in [-0.2, -0.15) is 0 Å². The van der Waals surface area contributed by atoms with Crippen molar-refractivity contribution in [2.45, 2.75) is 12.5 Å². The Labute approximate surface area is 138 Å². The standard InChI is InChI=1S/C19H17N3O2/c23-19(24)17(9-12-10-20-15-7-3-1-5-13(12)15)22-18-11-21-16-8-4-2-6-14(16)18/h1-8,10-11,17,20-22H,9H2,(H,23,24)/t17-/m0/s1. The molecule has 0 amide bonds. The van der Waals surface area contributed by atoms with E-state index >= 15 is 0 Å². The van der Waals surface area contributed by atoms with Gasteiger partial charge >= 0.3 is 5.97 Å². The number of hydrogen-bond acceptors (Lipinski definition) is 2. The largest absolute Gasteiger partial charge is 0.480 e. The first-order valence-electron chi connectivity index (χ1n) is 7.83. The van der Waals surface area contributed by atoms with Gasteiger partial charge in [-0.15, -0.1) is 0 Å². The molecule has 4 N–H and O–H groups in total. The number of aliphatic carboxylic acids is 1. The molecule has 2 aromatic heterocycles. The molecule has 120 valence electrons. The van der Waals surface area contributed by atoms with Gasteiger partial charge in [-0.25, -0.2) is 4.79 Å². The Morgan fingerprint density at radius 2 is 1.58 bits per heavy atom. The number of para-hydroxylation sites is 2. The second-order valence-electron chi connectivity index (χ2n) is 5.85. The first kappa shape index (κ1) is 14.4. The second-order valence-corrected chi connectivity index (χ2v) is 5.85. The lowest BCUT2D eigenvalue weighted by molar-refractivity contribution is -0.137. The molecule has 0 fully saturated rings. The Bertz CT molecular complexity index is 939. The molecule has 5 nitrogen and oxygen atoms in total. The first-order chi connectivity index (χ1) is 11.7. The predicted molar refractivity (Wildman–Crippen MR) is 95.3 cm³/mol. The summed E-state index contributed by atoms with van der Waals surface area (Å²) in [5, 5.41) is 14.8. The van der Waals surface area contributed by atoms with Crippen molar-refractivity contribution in [2.24, 2.45) is 0 Å². The van der Waals surface area contributed by atoms with Crippen LogP contribution in [-0.2, 0) is 11.2 Å². The number of nitrogens with one attached hydrogen (secondary N) is 3. The van der Waals surface area contributed by atoms with E-state index in [1.807, 2.05) is 60.9 Å². The number of carbonyl (C=O) groups is 1. The average Bonchev–Trinajstić information content (AvgIpc) is 3.19. The molecule has 0 aliphatic rings. The number of anilines is 1. The highest BCUT2D eigenvalue weighted by Crippen LogP contribution is 2.25. The monoisotopic (exact) mass is 319 g/mol. The average molecular weight is 319 g/mol. The number of fused-ring (bicyclic) bond motifs is 2. The molecule has 24 heavy (non-hydrogen) atoms. The van der Waals surface area contributed by atoms with Gasteiger partial charge in [0.15, 0.2) is 0 Å². The van der Waals surface area contributed by atoms with E-state index in [1.54, 1.807) is 0 Å². The molecule has 0 saturated carbocycles. The van der Waals surface area contributed by atoms with Crippen LogP contribution in [0.2, 0.25) is 0 Å². The van der Waals surface area contributed by atoms with Gasteiger partial charge in [0.2, 0.25) is 0 Å². The summed E-state index contributed by atoms with van der Waals surface area (Å²) < 4.78 is 0. The first-order valence-corrected chi connectivity index (χ1v) is 7.83. The van der Waals surface area contributed by atoms with E-state index in [0.29, 0.717) is 6.42 Å². The Kier molecular flexibility index (Phi) is 3.46. The van der Waals surface area contributed by atoms with Gasteiger partial charge < -0.3 is 20.4 Å². The quantitative estimate of drug-likeness (QED) is 0.452. The minimum absolute atomic E-state index is 0.402. The predicted octanol–water partition coefficient (Wildman–Crippen LogP) is 3.76. The molecule has 0 radical (unpaired) electrons. The summed E-state index contributed by atoms with van der Waals surface area (Å²) in [6, 6.07) is 15.0. The van der Waals surface area contributed by atoms with Crippen LogP contribution in [0.15, 0.2) is 60.9 Å². The van der Waals surface area contributed by atoms with Gasteiger partial charge in [0.05, 0.1) is 5.69 Å². The maximum absolute atomic E-state index is 11.7. The summed E-state index contributed by atoms with van der Waals surface area (Å²) in [5.74, 6) is -0.870. The van der Waals surface area contributed by atoms with Gasteiger partial charge in [0.25, 0.3) is 0 Å². The van der Waals surface area contributed by atoms with Crippen LogP contribution in [-0.4, -0.2) is 27.1 Å². The molecule has 0 aliphatic heterocycles. The fraction of sp³-hybridized carbons (Fsp3) is 0.105. The van der Waals surface area contributed by atoms with Crippen molar-refractivity contribution in [3.05, 3.63) is 66.5 Å². The van der Waals surface area contributed by atoms with Crippen molar-refractivity contribution >= 4 is 33.5 Å². The number of carboxylic acids is 1. The summed E-state index contributed by atoms with van der Waals surface area (Å²) in [6.07, 6.45) is 4.10. The van der Waals surface area contributed by atoms with Gasteiger partial charge in [0, 0.05) is 40.6 Å². The number of benzene rings is 2. The van der Waals surface area contributed by atoms with Crippen LogP contribution < -0.4 is 5.32 Å². The van der Waals surface area contributed by atoms with E-state index in [2.05, 4.69) is 15.3 Å². The molecular formula is C19H17N3O2. The zero-order valence-corrected chi connectivity index (χ0v) is 12.9. The summed E-state index contributed by atoms with van der Waals surface area (Å²) >= 11 is 0. The molecule has 0 spiro atoms. The van der Waals surface area contributed by atoms with Crippen LogP contribution >= 0.6 is 0 Å². The third-order valence-electron chi connectivity index (χ3n) is 4.32. The molecule has 0 saturated heterocycles. The summed E-state index contributed by atoms with van der Waals surface area (Å²) in [6.45, 7) is 0. The van der Waals surface area contributed by atoms with Crippen molar-refractivity contribution in [1.29, 1.82) is 0 Å².